The van der Waals surface area contributed by atoms with Crippen LogP contribution in [0.3, 0.4) is 0 Å². The van der Waals surface area contributed by atoms with E-state index in [9.17, 15) is 10.1 Å². The molecule has 0 N–H and O–H groups in total. The maximum Gasteiger partial charge on any atom is 0.344 e. The fourth-order valence-electron chi connectivity index (χ4n) is 1.73. The molecular formula is C13H10N4O2S3. The van der Waals surface area contributed by atoms with Crippen LogP contribution in [-0.4, -0.2) is 20.1 Å². The summed E-state index contributed by atoms with van der Waals surface area (Å²) in [5.41, 5.74) is 1.27. The summed E-state index contributed by atoms with van der Waals surface area (Å²) in [6.45, 7) is 0. The van der Waals surface area contributed by atoms with Crippen molar-refractivity contribution in [2.75, 3.05) is 0 Å². The second kappa shape index (κ2) is 6.95. The van der Waals surface area contributed by atoms with Gasteiger partial charge in [0.2, 0.25) is 0 Å². The maximum atomic E-state index is 10.6. The van der Waals surface area contributed by atoms with Gasteiger partial charge in [-0.25, -0.2) is 4.98 Å². The van der Waals surface area contributed by atoms with Gasteiger partial charge in [-0.05, 0) is 35.1 Å². The van der Waals surface area contributed by atoms with E-state index in [-0.39, 0.29) is 5.00 Å². The van der Waals surface area contributed by atoms with Crippen LogP contribution in [0, 0.1) is 10.1 Å². The molecule has 2 aromatic heterocycles. The van der Waals surface area contributed by atoms with Gasteiger partial charge in [0, 0.05) is 6.42 Å². The zero-order valence-electron chi connectivity index (χ0n) is 11.2. The Morgan fingerprint density at radius 1 is 1.09 bits per heavy atom. The van der Waals surface area contributed by atoms with Gasteiger partial charge in [-0.3, -0.25) is 10.1 Å². The van der Waals surface area contributed by atoms with Gasteiger partial charge in [0.1, 0.15) is 11.2 Å². The number of hydrogen-bond donors (Lipinski definition) is 0. The Kier molecular flexibility index (Phi) is 4.76. The molecule has 22 heavy (non-hydrogen) atoms. The number of nitro groups is 1. The SMILES string of the molecule is O=[N+]([O-])c1cnc(Sc2nnc(CCc3ccccc3)s2)s1. The Balaban J connectivity index is 1.59. The highest BCUT2D eigenvalue weighted by molar-refractivity contribution is 8.02. The van der Waals surface area contributed by atoms with Crippen molar-refractivity contribution in [3.8, 4) is 0 Å². The van der Waals surface area contributed by atoms with Crippen molar-refractivity contribution < 1.29 is 4.92 Å². The zero-order chi connectivity index (χ0) is 15.4. The Labute approximate surface area is 138 Å². The van der Waals surface area contributed by atoms with Crippen molar-refractivity contribution in [1.29, 1.82) is 0 Å². The quantitative estimate of drug-likeness (QED) is 0.496. The summed E-state index contributed by atoms with van der Waals surface area (Å²) >= 11 is 3.87. The third-order valence-electron chi connectivity index (χ3n) is 2.75. The predicted molar refractivity (Wildman–Crippen MR) is 86.7 cm³/mol. The smallest absolute Gasteiger partial charge is 0.257 e. The molecule has 0 bridgehead atoms. The lowest BCUT2D eigenvalue weighted by Crippen LogP contribution is -1.89. The average Bonchev–Trinajstić information content (AvgIpc) is 3.16. The highest BCUT2D eigenvalue weighted by Gasteiger charge is 2.14. The van der Waals surface area contributed by atoms with E-state index in [1.54, 1.807) is 0 Å². The molecule has 0 aliphatic rings. The van der Waals surface area contributed by atoms with E-state index in [0.29, 0.717) is 4.34 Å². The van der Waals surface area contributed by atoms with Crippen LogP contribution in [0.5, 0.6) is 0 Å². The predicted octanol–water partition coefficient (Wildman–Crippen LogP) is 3.84. The summed E-state index contributed by atoms with van der Waals surface area (Å²) in [5.74, 6) is 0. The van der Waals surface area contributed by atoms with Crippen molar-refractivity contribution in [3.05, 3.63) is 57.2 Å². The highest BCUT2D eigenvalue weighted by atomic mass is 32.2. The van der Waals surface area contributed by atoms with E-state index >= 15 is 0 Å². The van der Waals surface area contributed by atoms with Gasteiger partial charge in [-0.1, -0.05) is 41.7 Å². The van der Waals surface area contributed by atoms with Crippen molar-refractivity contribution in [3.63, 3.8) is 0 Å². The van der Waals surface area contributed by atoms with Gasteiger partial charge in [-0.15, -0.1) is 10.2 Å². The summed E-state index contributed by atoms with van der Waals surface area (Å²) in [6, 6.07) is 10.2. The van der Waals surface area contributed by atoms with Crippen LogP contribution in [0.4, 0.5) is 5.00 Å². The van der Waals surface area contributed by atoms with Gasteiger partial charge in [0.05, 0.1) is 4.92 Å². The number of benzene rings is 1. The minimum absolute atomic E-state index is 0.0383. The zero-order valence-corrected chi connectivity index (χ0v) is 13.7. The molecule has 0 saturated carbocycles. The number of rotatable bonds is 6. The first kappa shape index (κ1) is 15.1. The van der Waals surface area contributed by atoms with E-state index in [0.717, 1.165) is 33.5 Å². The molecule has 2 heterocycles. The van der Waals surface area contributed by atoms with Gasteiger partial charge in [0.25, 0.3) is 0 Å². The fourth-order valence-corrected chi connectivity index (χ4v) is 4.61. The molecule has 0 saturated heterocycles. The molecule has 3 aromatic rings. The third kappa shape index (κ3) is 3.87. The molecule has 0 fully saturated rings. The van der Waals surface area contributed by atoms with Gasteiger partial charge < -0.3 is 0 Å². The molecule has 0 atom stereocenters. The highest BCUT2D eigenvalue weighted by Crippen LogP contribution is 2.35. The van der Waals surface area contributed by atoms with Crippen LogP contribution < -0.4 is 0 Å². The summed E-state index contributed by atoms with van der Waals surface area (Å²) < 4.78 is 1.37. The van der Waals surface area contributed by atoms with Crippen molar-refractivity contribution in [1.82, 2.24) is 15.2 Å². The van der Waals surface area contributed by atoms with E-state index in [4.69, 9.17) is 0 Å². The number of aromatic nitrogens is 3. The Hall–Kier alpha value is -1.84. The lowest BCUT2D eigenvalue weighted by molar-refractivity contribution is -0.380. The van der Waals surface area contributed by atoms with Gasteiger partial charge >= 0.3 is 5.00 Å². The number of thiazole rings is 1. The molecule has 0 unspecified atom stereocenters. The molecule has 1 aromatic carbocycles. The van der Waals surface area contributed by atoms with Crippen LogP contribution in [-0.2, 0) is 12.8 Å². The normalized spacial score (nSPS) is 10.7. The van der Waals surface area contributed by atoms with Crippen LogP contribution in [0.25, 0.3) is 0 Å². The molecule has 3 rings (SSSR count). The number of hydrogen-bond acceptors (Lipinski definition) is 8. The summed E-state index contributed by atoms with van der Waals surface area (Å²) in [7, 11) is 0. The molecule has 0 spiro atoms. The third-order valence-corrected chi connectivity index (χ3v) is 5.80. The van der Waals surface area contributed by atoms with E-state index in [1.807, 2.05) is 18.2 Å². The first-order valence-electron chi connectivity index (χ1n) is 6.35. The van der Waals surface area contributed by atoms with Crippen molar-refractivity contribution in [2.45, 2.75) is 21.5 Å². The maximum absolute atomic E-state index is 10.6. The van der Waals surface area contributed by atoms with Crippen LogP contribution in [0.15, 0.2) is 45.2 Å². The van der Waals surface area contributed by atoms with E-state index in [2.05, 4.69) is 27.3 Å². The molecule has 0 radical (unpaired) electrons. The summed E-state index contributed by atoms with van der Waals surface area (Å²) in [5, 5.41) is 19.9. The number of nitrogens with zero attached hydrogens (tertiary/aromatic N) is 4. The van der Waals surface area contributed by atoms with Gasteiger partial charge in [-0.2, -0.15) is 0 Å². The first-order chi connectivity index (χ1) is 10.7. The van der Waals surface area contributed by atoms with Crippen molar-refractivity contribution >= 4 is 39.4 Å². The van der Waals surface area contributed by atoms with Crippen LogP contribution >= 0.6 is 34.4 Å². The Morgan fingerprint density at radius 3 is 2.64 bits per heavy atom. The topological polar surface area (TPSA) is 81.8 Å². The monoisotopic (exact) mass is 350 g/mol. The Bertz CT molecular complexity index is 772. The molecule has 112 valence electrons. The molecule has 6 nitrogen and oxygen atoms in total. The summed E-state index contributed by atoms with van der Waals surface area (Å²) in [6.07, 6.45) is 3.02. The molecular weight excluding hydrogens is 340 g/mol. The summed E-state index contributed by atoms with van der Waals surface area (Å²) in [4.78, 5) is 14.2. The second-order valence-corrected chi connectivity index (χ2v) is 7.84. The first-order valence-corrected chi connectivity index (χ1v) is 8.80. The molecule has 9 heteroatoms. The van der Waals surface area contributed by atoms with E-state index in [1.165, 1.54) is 34.9 Å². The molecule has 0 amide bonds. The lowest BCUT2D eigenvalue weighted by atomic mass is 10.1. The average molecular weight is 350 g/mol. The Morgan fingerprint density at radius 2 is 1.91 bits per heavy atom. The van der Waals surface area contributed by atoms with Crippen LogP contribution in [0.2, 0.25) is 0 Å². The number of aryl methyl sites for hydroxylation is 2. The van der Waals surface area contributed by atoms with E-state index < -0.39 is 4.92 Å². The molecule has 0 aliphatic heterocycles. The minimum Gasteiger partial charge on any atom is -0.257 e. The standard InChI is InChI=1S/C13H10N4O2S3/c18-17(19)11-8-14-12(21-11)22-13-16-15-10(20-13)7-6-9-4-2-1-3-5-9/h1-5,8H,6-7H2. The van der Waals surface area contributed by atoms with Crippen LogP contribution in [0.1, 0.15) is 10.6 Å². The fraction of sp³-hybridized carbons (Fsp3) is 0.154. The second-order valence-electron chi connectivity index (χ2n) is 4.27. The van der Waals surface area contributed by atoms with Gasteiger partial charge in [0.15, 0.2) is 8.68 Å². The lowest BCUT2D eigenvalue weighted by Gasteiger charge is -1.96. The largest absolute Gasteiger partial charge is 0.344 e. The van der Waals surface area contributed by atoms with Crippen molar-refractivity contribution in [2.24, 2.45) is 0 Å². The molecule has 0 aliphatic carbocycles. The minimum atomic E-state index is -0.437.